The third kappa shape index (κ3) is 9.05. The van der Waals surface area contributed by atoms with Crippen LogP contribution in [-0.2, 0) is 42.7 Å². The number of fused-ring (bicyclic) bond motifs is 5. The standard InChI is InChI=1S/C63H75N5.Pt/c1-37(2)58(38(3)4)52-36-66(46-31-44(61(11,12)13)30-45(32-46)62(14,15)16)59(65-52)42-25-41(7)26-47(29-42)67-54-22-20-40(6)28-50(54)63(17,18)51-34-49-48-27-39(5)19-21-53(48)68(55(49)35-56(51)67)57-33-43(23-24-64-57)60(8,9)10;/h19-28,30-34,37-38,52,58H,36H2,1-18H3;/q-2;+2/t52-;/m0./s1. The number of aliphatic imine (C=N–C) groups is 1. The van der Waals surface area contributed by atoms with Gasteiger partial charge in [0.1, 0.15) is 5.82 Å². The van der Waals surface area contributed by atoms with Crippen molar-refractivity contribution in [3.8, 4) is 5.82 Å². The molecule has 0 unspecified atom stereocenters. The Morgan fingerprint density at radius 3 is 1.88 bits per heavy atom. The van der Waals surface area contributed by atoms with Crippen LogP contribution in [0.3, 0.4) is 0 Å². The first kappa shape index (κ1) is 50.4. The SMILES string of the molecule is Cc1cc(C2=N[C@H](C(C(C)C)C(C)C)CN2c2cc(C(C)(C)C)cc(C(C)(C)C)c2)[c-]c(N2c3[c-]c4c(cc3C(C)(C)c3cc(C)ccc32)c2cc(C)ccc2n4-c2cc(C(C)(C)C)ccn2)c1.[Pt+2]. The maximum atomic E-state index is 5.81. The molecule has 0 radical (unpaired) electrons. The first-order chi connectivity index (χ1) is 31.7. The summed E-state index contributed by atoms with van der Waals surface area (Å²) in [4.78, 5) is 15.8. The predicted octanol–water partition coefficient (Wildman–Crippen LogP) is 16.3. The van der Waals surface area contributed by atoms with Crippen LogP contribution in [0.2, 0.25) is 0 Å². The molecule has 0 aliphatic carbocycles. The number of anilines is 4. The monoisotopic (exact) mass is 1100 g/mol. The van der Waals surface area contributed by atoms with Crippen LogP contribution in [-0.4, -0.2) is 28.0 Å². The summed E-state index contributed by atoms with van der Waals surface area (Å²) in [5, 5.41) is 2.39. The largest absolute Gasteiger partial charge is 2.00 e. The fourth-order valence-corrected chi connectivity index (χ4v) is 11.3. The molecule has 0 fully saturated rings. The van der Waals surface area contributed by atoms with Crippen LogP contribution in [0.25, 0.3) is 27.6 Å². The van der Waals surface area contributed by atoms with Gasteiger partial charge < -0.3 is 19.4 Å². The first-order valence-corrected chi connectivity index (χ1v) is 25.2. The summed E-state index contributed by atoms with van der Waals surface area (Å²) in [5.74, 6) is 3.29. The van der Waals surface area contributed by atoms with E-state index in [1.807, 2.05) is 6.20 Å². The number of aromatic nitrogens is 2. The Bertz CT molecular complexity index is 3100. The van der Waals surface area contributed by atoms with Gasteiger partial charge in [-0.2, -0.15) is 6.07 Å². The zero-order chi connectivity index (χ0) is 49.2. The minimum absolute atomic E-state index is 0. The predicted molar refractivity (Wildman–Crippen MR) is 291 cm³/mol. The average molecular weight is 1100 g/mol. The van der Waals surface area contributed by atoms with Crippen molar-refractivity contribution in [2.45, 2.75) is 152 Å². The fourth-order valence-electron chi connectivity index (χ4n) is 11.3. The van der Waals surface area contributed by atoms with Crippen molar-refractivity contribution >= 4 is 50.4 Å². The molecule has 0 saturated carbocycles. The summed E-state index contributed by atoms with van der Waals surface area (Å²) in [6.45, 7) is 42.5. The molecule has 362 valence electrons. The minimum atomic E-state index is -0.321. The molecule has 69 heavy (non-hydrogen) atoms. The van der Waals surface area contributed by atoms with Gasteiger partial charge in [-0.3, -0.25) is 0 Å². The van der Waals surface area contributed by atoms with Crippen molar-refractivity contribution < 1.29 is 21.1 Å². The second kappa shape index (κ2) is 17.7. The van der Waals surface area contributed by atoms with E-state index in [1.165, 1.54) is 55.4 Å². The van der Waals surface area contributed by atoms with E-state index in [2.05, 4.69) is 236 Å². The van der Waals surface area contributed by atoms with E-state index >= 15 is 0 Å². The van der Waals surface area contributed by atoms with Crippen molar-refractivity contribution in [2.75, 3.05) is 16.3 Å². The molecule has 0 saturated heterocycles. The molecular weight excluding hydrogens is 1020 g/mol. The maximum absolute atomic E-state index is 5.81. The van der Waals surface area contributed by atoms with E-state index in [0.29, 0.717) is 17.8 Å². The molecule has 0 N–H and O–H groups in total. The van der Waals surface area contributed by atoms with Crippen molar-refractivity contribution in [2.24, 2.45) is 22.7 Å². The van der Waals surface area contributed by atoms with Crippen LogP contribution >= 0.6 is 0 Å². The Morgan fingerprint density at radius 2 is 1.26 bits per heavy atom. The van der Waals surface area contributed by atoms with Crippen molar-refractivity contribution in [3.05, 3.63) is 153 Å². The second-order valence-electron chi connectivity index (χ2n) is 24.7. The topological polar surface area (TPSA) is 36.7 Å². The molecule has 5 aromatic carbocycles. The quantitative estimate of drug-likeness (QED) is 0.149. The smallest absolute Gasteiger partial charge is 0.364 e. The molecule has 0 spiro atoms. The van der Waals surface area contributed by atoms with Gasteiger partial charge in [0.25, 0.3) is 0 Å². The number of hydrogen-bond donors (Lipinski definition) is 0. The molecule has 2 aliphatic heterocycles. The van der Waals surface area contributed by atoms with E-state index in [0.717, 1.165) is 57.4 Å². The van der Waals surface area contributed by atoms with Crippen molar-refractivity contribution in [3.63, 3.8) is 0 Å². The zero-order valence-corrected chi connectivity index (χ0v) is 47.0. The van der Waals surface area contributed by atoms with Crippen LogP contribution in [0.15, 0.2) is 96.1 Å². The Balaban J connectivity index is 0.00000642. The summed E-state index contributed by atoms with van der Waals surface area (Å²) in [7, 11) is 0. The van der Waals surface area contributed by atoms with Gasteiger partial charge in [-0.15, -0.1) is 46.3 Å². The number of pyridine rings is 1. The third-order valence-electron chi connectivity index (χ3n) is 15.1. The van der Waals surface area contributed by atoms with Gasteiger partial charge in [0.15, 0.2) is 0 Å². The van der Waals surface area contributed by atoms with Crippen LogP contribution in [0.4, 0.5) is 22.7 Å². The summed E-state index contributed by atoms with van der Waals surface area (Å²) >= 11 is 0. The van der Waals surface area contributed by atoms with Gasteiger partial charge in [0.2, 0.25) is 0 Å². The Labute approximate surface area is 429 Å². The number of nitrogens with zero attached hydrogens (tertiary/aromatic N) is 5. The molecule has 2 aromatic heterocycles. The second-order valence-corrected chi connectivity index (χ2v) is 24.7. The molecule has 1 atom stereocenters. The van der Waals surface area contributed by atoms with Gasteiger partial charge >= 0.3 is 21.1 Å². The van der Waals surface area contributed by atoms with Gasteiger partial charge in [-0.05, 0) is 123 Å². The molecule has 7 aromatic rings. The zero-order valence-electron chi connectivity index (χ0n) is 44.7. The Morgan fingerprint density at radius 1 is 0.638 bits per heavy atom. The van der Waals surface area contributed by atoms with Crippen LogP contribution < -0.4 is 9.80 Å². The van der Waals surface area contributed by atoms with E-state index in [4.69, 9.17) is 9.98 Å². The van der Waals surface area contributed by atoms with E-state index < -0.39 is 0 Å². The molecule has 5 nitrogen and oxygen atoms in total. The number of amidine groups is 1. The summed E-state index contributed by atoms with van der Waals surface area (Å²) in [6, 6.07) is 40.9. The van der Waals surface area contributed by atoms with Gasteiger partial charge in [0, 0.05) is 29.6 Å². The van der Waals surface area contributed by atoms with E-state index in [9.17, 15) is 0 Å². The average Bonchev–Trinajstić information content (AvgIpc) is 3.81. The molecule has 0 bridgehead atoms. The van der Waals surface area contributed by atoms with Gasteiger partial charge in [-0.25, -0.2) is 4.98 Å². The molecule has 2 aliphatic rings. The molecule has 9 rings (SSSR count). The number of hydrogen-bond acceptors (Lipinski definition) is 4. The Kier molecular flexibility index (Phi) is 12.9. The van der Waals surface area contributed by atoms with Gasteiger partial charge in [0.05, 0.1) is 11.9 Å². The van der Waals surface area contributed by atoms with Crippen LogP contribution in [0.1, 0.15) is 154 Å². The van der Waals surface area contributed by atoms with Crippen LogP contribution in [0, 0.1) is 50.7 Å². The number of rotatable bonds is 7. The van der Waals surface area contributed by atoms with Crippen molar-refractivity contribution in [1.29, 1.82) is 0 Å². The Hall–Kier alpha value is -4.99. The fraction of sp³-hybridized carbons (Fsp3) is 0.429. The van der Waals surface area contributed by atoms with E-state index in [1.54, 1.807) is 0 Å². The summed E-state index contributed by atoms with van der Waals surface area (Å²) < 4.78 is 2.34. The molecule has 6 heteroatoms. The third-order valence-corrected chi connectivity index (χ3v) is 15.1. The summed E-state index contributed by atoms with van der Waals surface area (Å²) in [5.41, 5.74) is 17.2. The van der Waals surface area contributed by atoms with Crippen LogP contribution in [0.5, 0.6) is 0 Å². The maximum Gasteiger partial charge on any atom is 2.00 e. The molecular formula is C63H75N5Pt. The summed E-state index contributed by atoms with van der Waals surface area (Å²) in [6.07, 6.45) is 1.96. The van der Waals surface area contributed by atoms with E-state index in [-0.39, 0.29) is 48.8 Å². The number of aryl methyl sites for hydroxylation is 3. The molecule has 0 amide bonds. The normalized spacial score (nSPS) is 16.2. The number of benzene rings is 5. The minimum Gasteiger partial charge on any atom is -0.364 e. The van der Waals surface area contributed by atoms with Gasteiger partial charge in [-0.1, -0.05) is 163 Å². The molecule has 4 heterocycles. The van der Waals surface area contributed by atoms with Crippen molar-refractivity contribution in [1.82, 2.24) is 9.55 Å². The first-order valence-electron chi connectivity index (χ1n) is 25.2.